The molecule has 11 heteroatoms. The molecule has 2 amide bonds. The standard InChI is InChI=1S/C21H24ClF3N4O3/c1-20(2,3)32-19(31)29-8-6-14(7-9-29)27-12-13(11-26)18(30)28-15-4-5-17(22)16(10-15)21(23,24)25/h4-5,10,12,14,27H,6-9H2,1-3H3,(H,28,30)/b13-12-. The molecular weight excluding hydrogens is 449 g/mol. The number of nitrogens with zero attached hydrogens (tertiary/aromatic N) is 2. The van der Waals surface area contributed by atoms with Crippen LogP contribution in [0, 0.1) is 11.3 Å². The molecular formula is C21H24ClF3N4O3. The highest BCUT2D eigenvalue weighted by Gasteiger charge is 2.33. The van der Waals surface area contributed by atoms with Crippen molar-refractivity contribution >= 4 is 29.3 Å². The summed E-state index contributed by atoms with van der Waals surface area (Å²) in [5.41, 5.74) is -2.12. The topological polar surface area (TPSA) is 94.5 Å². The summed E-state index contributed by atoms with van der Waals surface area (Å²) in [6.07, 6.45) is -2.71. The van der Waals surface area contributed by atoms with Crippen LogP contribution in [0.3, 0.4) is 0 Å². The number of hydrogen-bond donors (Lipinski definition) is 2. The average Bonchev–Trinajstić information content (AvgIpc) is 2.68. The maximum absolute atomic E-state index is 13.0. The number of hydrogen-bond acceptors (Lipinski definition) is 5. The maximum Gasteiger partial charge on any atom is 0.417 e. The van der Waals surface area contributed by atoms with Gasteiger partial charge >= 0.3 is 12.3 Å². The van der Waals surface area contributed by atoms with E-state index in [4.69, 9.17) is 16.3 Å². The molecule has 1 aromatic rings. The molecule has 1 aliphatic heterocycles. The summed E-state index contributed by atoms with van der Waals surface area (Å²) in [5.74, 6) is -0.860. The van der Waals surface area contributed by atoms with E-state index in [0.29, 0.717) is 32.0 Å². The Bertz CT molecular complexity index is 928. The van der Waals surface area contributed by atoms with Crippen molar-refractivity contribution in [3.05, 3.63) is 40.6 Å². The molecule has 1 aliphatic rings. The zero-order valence-electron chi connectivity index (χ0n) is 17.8. The van der Waals surface area contributed by atoms with Crippen molar-refractivity contribution in [2.75, 3.05) is 18.4 Å². The van der Waals surface area contributed by atoms with Crippen molar-refractivity contribution in [3.8, 4) is 6.07 Å². The van der Waals surface area contributed by atoms with Crippen LogP contribution in [0.4, 0.5) is 23.7 Å². The van der Waals surface area contributed by atoms with Crippen LogP contribution >= 0.6 is 11.6 Å². The van der Waals surface area contributed by atoms with E-state index in [0.717, 1.165) is 6.07 Å². The second-order valence-electron chi connectivity index (χ2n) is 8.22. The van der Waals surface area contributed by atoms with Gasteiger partial charge in [-0.3, -0.25) is 4.79 Å². The third-order valence-electron chi connectivity index (χ3n) is 4.50. The minimum Gasteiger partial charge on any atom is -0.444 e. The highest BCUT2D eigenvalue weighted by Crippen LogP contribution is 2.36. The Morgan fingerprint density at radius 2 is 1.88 bits per heavy atom. The lowest BCUT2D eigenvalue weighted by atomic mass is 10.1. The number of benzene rings is 1. The van der Waals surface area contributed by atoms with Crippen LogP contribution in [0.5, 0.6) is 0 Å². The van der Waals surface area contributed by atoms with Crippen LogP contribution < -0.4 is 10.6 Å². The molecule has 0 unspecified atom stereocenters. The number of nitriles is 1. The molecule has 0 aromatic heterocycles. The van der Waals surface area contributed by atoms with Gasteiger partial charge in [-0.1, -0.05) is 11.6 Å². The molecule has 0 aliphatic carbocycles. The van der Waals surface area contributed by atoms with Gasteiger partial charge in [-0.25, -0.2) is 4.79 Å². The first-order valence-electron chi connectivity index (χ1n) is 9.82. The minimum absolute atomic E-state index is 0.0859. The lowest BCUT2D eigenvalue weighted by Crippen LogP contribution is -2.45. The summed E-state index contributed by atoms with van der Waals surface area (Å²) in [7, 11) is 0. The van der Waals surface area contributed by atoms with Crippen LogP contribution in [0.2, 0.25) is 5.02 Å². The Kier molecular flexibility index (Phi) is 8.02. The molecule has 2 N–H and O–H groups in total. The molecule has 0 bridgehead atoms. The molecule has 0 spiro atoms. The number of carbonyl (C=O) groups is 2. The van der Waals surface area contributed by atoms with Crippen molar-refractivity contribution < 1.29 is 27.5 Å². The Morgan fingerprint density at radius 1 is 1.25 bits per heavy atom. The quantitative estimate of drug-likeness (QED) is 0.489. The van der Waals surface area contributed by atoms with Crippen molar-refractivity contribution in [2.45, 2.75) is 51.4 Å². The van der Waals surface area contributed by atoms with Crippen LogP contribution in [0.15, 0.2) is 30.0 Å². The SMILES string of the molecule is CC(C)(C)OC(=O)N1CCC(N/C=C(/C#N)C(=O)Nc2ccc(Cl)c(C(F)(F)F)c2)CC1. The van der Waals surface area contributed by atoms with E-state index < -0.39 is 34.4 Å². The first-order valence-corrected chi connectivity index (χ1v) is 10.2. The first-order chi connectivity index (χ1) is 14.8. The lowest BCUT2D eigenvalue weighted by Gasteiger charge is -2.33. The predicted octanol–water partition coefficient (Wildman–Crippen LogP) is 4.69. The largest absolute Gasteiger partial charge is 0.444 e. The van der Waals surface area contributed by atoms with Crippen LogP contribution in [-0.2, 0) is 15.7 Å². The van der Waals surface area contributed by atoms with Gasteiger partial charge in [0.25, 0.3) is 5.91 Å². The number of anilines is 1. The Balaban J connectivity index is 1.95. The highest BCUT2D eigenvalue weighted by atomic mass is 35.5. The highest BCUT2D eigenvalue weighted by molar-refractivity contribution is 6.31. The predicted molar refractivity (Wildman–Crippen MR) is 113 cm³/mol. The summed E-state index contributed by atoms with van der Waals surface area (Å²) in [4.78, 5) is 26.0. The van der Waals surface area contributed by atoms with Gasteiger partial charge in [0.05, 0.1) is 10.6 Å². The van der Waals surface area contributed by atoms with Crippen molar-refractivity contribution in [2.24, 2.45) is 0 Å². The van der Waals surface area contributed by atoms with Crippen molar-refractivity contribution in [1.82, 2.24) is 10.2 Å². The number of likely N-dealkylation sites (tertiary alicyclic amines) is 1. The van der Waals surface area contributed by atoms with E-state index in [2.05, 4.69) is 10.6 Å². The number of rotatable bonds is 4. The summed E-state index contributed by atoms with van der Waals surface area (Å²) >= 11 is 5.57. The van der Waals surface area contributed by atoms with E-state index in [1.54, 1.807) is 31.7 Å². The number of piperidine rings is 1. The summed E-state index contributed by atoms with van der Waals surface area (Å²) in [5, 5.41) is 14.0. The van der Waals surface area contributed by atoms with Gasteiger partial charge in [0.2, 0.25) is 0 Å². The van der Waals surface area contributed by atoms with Crippen LogP contribution in [-0.4, -0.2) is 41.6 Å². The number of ether oxygens (including phenoxy) is 1. The van der Waals surface area contributed by atoms with E-state index in [1.807, 2.05) is 0 Å². The molecule has 0 saturated carbocycles. The summed E-state index contributed by atoms with van der Waals surface area (Å²) < 4.78 is 44.3. The van der Waals surface area contributed by atoms with Gasteiger partial charge in [-0.05, 0) is 51.8 Å². The molecule has 7 nitrogen and oxygen atoms in total. The van der Waals surface area contributed by atoms with Crippen molar-refractivity contribution in [3.63, 3.8) is 0 Å². The van der Waals surface area contributed by atoms with E-state index in [9.17, 15) is 28.0 Å². The Hall–Kier alpha value is -2.93. The number of alkyl halides is 3. The normalized spacial score (nSPS) is 15.7. The molecule has 1 saturated heterocycles. The fraction of sp³-hybridized carbons (Fsp3) is 0.476. The van der Waals surface area contributed by atoms with E-state index in [1.165, 1.54) is 12.3 Å². The third-order valence-corrected chi connectivity index (χ3v) is 4.83. The zero-order chi connectivity index (χ0) is 24.1. The Labute approximate surface area is 189 Å². The van der Waals surface area contributed by atoms with Crippen LogP contribution in [0.1, 0.15) is 39.2 Å². The second kappa shape index (κ2) is 10.1. The van der Waals surface area contributed by atoms with Gasteiger partial charge in [0.1, 0.15) is 17.2 Å². The molecule has 1 aromatic carbocycles. The monoisotopic (exact) mass is 472 g/mol. The average molecular weight is 473 g/mol. The van der Waals surface area contributed by atoms with Gasteiger partial charge in [0, 0.05) is 31.0 Å². The second-order valence-corrected chi connectivity index (χ2v) is 8.63. The fourth-order valence-electron chi connectivity index (χ4n) is 2.92. The molecule has 174 valence electrons. The van der Waals surface area contributed by atoms with Gasteiger partial charge in [-0.2, -0.15) is 18.4 Å². The summed E-state index contributed by atoms with van der Waals surface area (Å²) in [6.45, 7) is 6.24. The third kappa shape index (κ3) is 7.34. The molecule has 0 atom stereocenters. The smallest absolute Gasteiger partial charge is 0.417 e. The molecule has 1 fully saturated rings. The van der Waals surface area contributed by atoms with Gasteiger partial charge in [-0.15, -0.1) is 0 Å². The van der Waals surface area contributed by atoms with E-state index >= 15 is 0 Å². The molecule has 0 radical (unpaired) electrons. The van der Waals surface area contributed by atoms with Crippen LogP contribution in [0.25, 0.3) is 0 Å². The van der Waals surface area contributed by atoms with E-state index in [-0.39, 0.29) is 17.3 Å². The maximum atomic E-state index is 13.0. The first kappa shape index (κ1) is 25.3. The fourth-order valence-corrected chi connectivity index (χ4v) is 3.15. The lowest BCUT2D eigenvalue weighted by molar-refractivity contribution is -0.137. The summed E-state index contributed by atoms with van der Waals surface area (Å²) in [6, 6.07) is 4.57. The number of nitrogens with one attached hydrogen (secondary N) is 2. The number of halogens is 4. The number of amides is 2. The molecule has 32 heavy (non-hydrogen) atoms. The Morgan fingerprint density at radius 3 is 2.41 bits per heavy atom. The molecule has 1 heterocycles. The van der Waals surface area contributed by atoms with Gasteiger partial charge in [0.15, 0.2) is 0 Å². The zero-order valence-corrected chi connectivity index (χ0v) is 18.6. The minimum atomic E-state index is -4.68. The van der Waals surface area contributed by atoms with Gasteiger partial charge < -0.3 is 20.3 Å². The molecule has 2 rings (SSSR count). The number of carbonyl (C=O) groups excluding carboxylic acids is 2. The van der Waals surface area contributed by atoms with Crippen molar-refractivity contribution in [1.29, 1.82) is 5.26 Å².